The minimum atomic E-state index is -0.967. The van der Waals surface area contributed by atoms with Gasteiger partial charge in [-0.05, 0) is 26.3 Å². The van der Waals surface area contributed by atoms with E-state index >= 15 is 0 Å². The summed E-state index contributed by atoms with van der Waals surface area (Å²) in [6, 6.07) is 0. The van der Waals surface area contributed by atoms with Gasteiger partial charge in [0.1, 0.15) is 6.10 Å². The van der Waals surface area contributed by atoms with E-state index in [1.54, 1.807) is 6.92 Å². The summed E-state index contributed by atoms with van der Waals surface area (Å²) in [6.07, 6.45) is 0.0747. The van der Waals surface area contributed by atoms with Gasteiger partial charge in [0.15, 0.2) is 0 Å². The molecule has 0 saturated heterocycles. The second-order valence-electron chi connectivity index (χ2n) is 2.72. The second kappa shape index (κ2) is 5.74. The predicted octanol–water partition coefficient (Wildman–Crippen LogP) is -0.264. The van der Waals surface area contributed by atoms with Crippen molar-refractivity contribution >= 4 is 5.91 Å². The zero-order valence-electron chi connectivity index (χ0n) is 7.34. The Kier molecular flexibility index (Phi) is 5.32. The van der Waals surface area contributed by atoms with E-state index < -0.39 is 12.0 Å². The smallest absolute Gasteiger partial charge is 0.252 e. The van der Waals surface area contributed by atoms with Crippen molar-refractivity contribution in [3.63, 3.8) is 0 Å². The summed E-state index contributed by atoms with van der Waals surface area (Å²) in [7, 11) is 0. The summed E-state index contributed by atoms with van der Waals surface area (Å²) in [5, 5.41) is 11.6. The topological polar surface area (TPSA) is 75.3 Å². The van der Waals surface area contributed by atoms with Crippen molar-refractivity contribution in [3.8, 4) is 0 Å². The van der Waals surface area contributed by atoms with Gasteiger partial charge >= 0.3 is 0 Å². The van der Waals surface area contributed by atoms with Crippen molar-refractivity contribution < 1.29 is 9.90 Å². The van der Waals surface area contributed by atoms with Crippen LogP contribution in [0.15, 0.2) is 12.3 Å². The van der Waals surface area contributed by atoms with Crippen LogP contribution in [0.1, 0.15) is 19.8 Å². The fourth-order valence-electron chi connectivity index (χ4n) is 0.736. The number of allylic oxidation sites excluding steroid dienone is 1. The lowest BCUT2D eigenvalue weighted by molar-refractivity contribution is -0.128. The van der Waals surface area contributed by atoms with Crippen LogP contribution in [-0.2, 0) is 4.79 Å². The molecule has 4 N–H and O–H groups in total. The Hall–Kier alpha value is -0.870. The number of carbonyl (C=O) groups excluding carboxylic acids is 1. The first kappa shape index (κ1) is 11.1. The number of aliphatic hydroxyl groups excluding tert-OH is 1. The van der Waals surface area contributed by atoms with E-state index in [0.717, 1.165) is 0 Å². The van der Waals surface area contributed by atoms with E-state index in [4.69, 9.17) is 5.73 Å². The lowest BCUT2D eigenvalue weighted by Crippen LogP contribution is -2.33. The minimum absolute atomic E-state index is 0.398. The third-order valence-electron chi connectivity index (χ3n) is 1.32. The lowest BCUT2D eigenvalue weighted by atomic mass is 10.2. The highest BCUT2D eigenvalue weighted by molar-refractivity contribution is 5.81. The second-order valence-corrected chi connectivity index (χ2v) is 2.72. The first-order valence-electron chi connectivity index (χ1n) is 3.92. The van der Waals surface area contributed by atoms with Gasteiger partial charge in [-0.25, -0.2) is 0 Å². The number of nitrogens with one attached hydrogen (secondary N) is 1. The molecule has 4 nitrogen and oxygen atoms in total. The molecule has 0 heterocycles. The average Bonchev–Trinajstić information content (AvgIpc) is 1.98. The van der Waals surface area contributed by atoms with Crippen molar-refractivity contribution in [2.75, 3.05) is 6.54 Å². The van der Waals surface area contributed by atoms with Crippen molar-refractivity contribution in [1.82, 2.24) is 5.32 Å². The fourth-order valence-corrected chi connectivity index (χ4v) is 0.736. The highest BCUT2D eigenvalue weighted by Gasteiger charge is 2.13. The molecule has 0 aliphatic carbocycles. The molecule has 1 unspecified atom stereocenters. The number of aliphatic hydroxyl groups is 1. The van der Waals surface area contributed by atoms with E-state index in [1.165, 1.54) is 0 Å². The van der Waals surface area contributed by atoms with Crippen LogP contribution in [0, 0.1) is 0 Å². The summed E-state index contributed by atoms with van der Waals surface area (Å²) >= 11 is 0. The quantitative estimate of drug-likeness (QED) is 0.534. The van der Waals surface area contributed by atoms with Crippen LogP contribution in [-0.4, -0.2) is 23.7 Å². The third kappa shape index (κ3) is 4.87. The van der Waals surface area contributed by atoms with Gasteiger partial charge in [0.05, 0.1) is 0 Å². The van der Waals surface area contributed by atoms with Crippen molar-refractivity contribution in [2.24, 2.45) is 5.73 Å². The van der Waals surface area contributed by atoms with E-state index in [-0.39, 0.29) is 0 Å². The zero-order chi connectivity index (χ0) is 9.56. The Morgan fingerprint density at radius 3 is 2.75 bits per heavy atom. The van der Waals surface area contributed by atoms with Gasteiger partial charge in [-0.3, -0.25) is 4.79 Å². The van der Waals surface area contributed by atoms with Gasteiger partial charge in [-0.1, -0.05) is 6.58 Å². The zero-order valence-corrected chi connectivity index (χ0v) is 7.34. The summed E-state index contributed by atoms with van der Waals surface area (Å²) in [5.41, 5.74) is 5.75. The minimum Gasteiger partial charge on any atom is -0.383 e. The van der Waals surface area contributed by atoms with Crippen molar-refractivity contribution in [3.05, 3.63) is 12.3 Å². The number of hydrogen-bond donors (Lipinski definition) is 3. The molecule has 0 aromatic heterocycles. The molecule has 0 spiro atoms. The number of rotatable bonds is 5. The van der Waals surface area contributed by atoms with Crippen LogP contribution in [0.25, 0.3) is 0 Å². The third-order valence-corrected chi connectivity index (χ3v) is 1.32. The van der Waals surface area contributed by atoms with Crippen LogP contribution in [0.5, 0.6) is 0 Å². The molecule has 0 rings (SSSR count). The monoisotopic (exact) mass is 172 g/mol. The molecule has 70 valence electrons. The molecule has 4 heteroatoms. The van der Waals surface area contributed by atoms with Crippen LogP contribution >= 0.6 is 0 Å². The molecule has 0 fully saturated rings. The van der Waals surface area contributed by atoms with Crippen molar-refractivity contribution in [2.45, 2.75) is 25.9 Å². The summed E-state index contributed by atoms with van der Waals surface area (Å²) in [6.45, 7) is 5.63. The van der Waals surface area contributed by atoms with Gasteiger partial charge in [-0.15, -0.1) is 0 Å². The molecule has 0 aliphatic heterocycles. The highest BCUT2D eigenvalue weighted by atomic mass is 16.3. The molecule has 1 amide bonds. The van der Waals surface area contributed by atoms with E-state index in [1.807, 2.05) is 0 Å². The largest absolute Gasteiger partial charge is 0.383 e. The molecule has 0 aliphatic rings. The van der Waals surface area contributed by atoms with Gasteiger partial charge in [-0.2, -0.15) is 0 Å². The van der Waals surface area contributed by atoms with Gasteiger partial charge in [0, 0.05) is 5.70 Å². The predicted molar refractivity (Wildman–Crippen MR) is 47.3 cm³/mol. The van der Waals surface area contributed by atoms with E-state index in [0.29, 0.717) is 25.1 Å². The number of amides is 1. The maximum absolute atomic E-state index is 11.0. The number of nitrogens with two attached hydrogens (primary N) is 1. The van der Waals surface area contributed by atoms with Crippen LogP contribution < -0.4 is 11.1 Å². The molecule has 0 saturated carbocycles. The highest BCUT2D eigenvalue weighted by Crippen LogP contribution is 1.96. The molecule has 0 radical (unpaired) electrons. The van der Waals surface area contributed by atoms with Gasteiger partial charge in [0.2, 0.25) is 0 Å². The number of carbonyl (C=O) groups is 1. The van der Waals surface area contributed by atoms with E-state index in [9.17, 15) is 9.90 Å². The van der Waals surface area contributed by atoms with E-state index in [2.05, 4.69) is 11.9 Å². The summed E-state index contributed by atoms with van der Waals surface area (Å²) in [4.78, 5) is 11.0. The Bertz CT molecular complexity index is 168. The fraction of sp³-hybridized carbons (Fsp3) is 0.625. The maximum Gasteiger partial charge on any atom is 0.252 e. The standard InChI is InChI=1S/C8H16N2O2/c1-6(2)10-8(12)7(11)4-3-5-9/h7,11H,1,3-5,9H2,2H3,(H,10,12). The Labute approximate surface area is 72.4 Å². The normalized spacial score (nSPS) is 12.2. The Balaban J connectivity index is 3.69. The van der Waals surface area contributed by atoms with Gasteiger partial charge < -0.3 is 16.2 Å². The van der Waals surface area contributed by atoms with Crippen LogP contribution in [0.3, 0.4) is 0 Å². The SMILES string of the molecule is C=C(C)NC(=O)C(O)CCCN. The number of hydrogen-bond acceptors (Lipinski definition) is 3. The molecular formula is C8H16N2O2. The maximum atomic E-state index is 11.0. The molecular weight excluding hydrogens is 156 g/mol. The van der Waals surface area contributed by atoms with Crippen LogP contribution in [0.2, 0.25) is 0 Å². The summed E-state index contributed by atoms with van der Waals surface area (Å²) < 4.78 is 0. The van der Waals surface area contributed by atoms with Gasteiger partial charge in [0.25, 0.3) is 5.91 Å². The summed E-state index contributed by atoms with van der Waals surface area (Å²) in [5.74, 6) is -0.407. The van der Waals surface area contributed by atoms with Crippen LogP contribution in [0.4, 0.5) is 0 Å². The first-order chi connectivity index (χ1) is 5.57. The molecule has 0 aromatic rings. The Morgan fingerprint density at radius 2 is 2.33 bits per heavy atom. The molecule has 12 heavy (non-hydrogen) atoms. The lowest BCUT2D eigenvalue weighted by Gasteiger charge is -2.09. The molecule has 0 bridgehead atoms. The molecule has 1 atom stereocenters. The first-order valence-corrected chi connectivity index (χ1v) is 3.92. The average molecular weight is 172 g/mol. The van der Waals surface area contributed by atoms with Crippen molar-refractivity contribution in [1.29, 1.82) is 0 Å². The Morgan fingerprint density at radius 1 is 1.75 bits per heavy atom. The molecule has 0 aromatic carbocycles.